The maximum Gasteiger partial charge on any atom is 0.332 e. The van der Waals surface area contributed by atoms with E-state index in [1.807, 2.05) is 0 Å². The van der Waals surface area contributed by atoms with Crippen molar-refractivity contribution in [2.75, 3.05) is 0 Å². The molecule has 1 atom stereocenters. The van der Waals surface area contributed by atoms with Crippen molar-refractivity contribution < 1.29 is 12.6 Å². The molecule has 2 heterocycles. The van der Waals surface area contributed by atoms with E-state index >= 15 is 0 Å². The number of imidazole rings is 1. The normalized spacial score (nSPS) is 18.8. The fourth-order valence-electron chi connectivity index (χ4n) is 2.00. The summed E-state index contributed by atoms with van der Waals surface area (Å²) in [5.41, 5.74) is -1.28. The minimum absolute atomic E-state index is 0.0472. The average Bonchev–Trinajstić information content (AvgIpc) is 2.82. The Balaban J connectivity index is 2.32. The van der Waals surface area contributed by atoms with Crippen LogP contribution in [-0.4, -0.2) is 24.9 Å². The number of rotatable bonds is 5. The molecular formula is C13H19FN4O2. The van der Waals surface area contributed by atoms with Gasteiger partial charge in [0, 0.05) is 27.5 Å². The zero-order valence-corrected chi connectivity index (χ0v) is 11.2. The van der Waals surface area contributed by atoms with E-state index in [1.54, 1.807) is 0 Å². The van der Waals surface area contributed by atoms with Crippen LogP contribution in [0, 0.1) is 0 Å². The molecule has 0 aromatic carbocycles. The van der Waals surface area contributed by atoms with Gasteiger partial charge in [-0.15, -0.1) is 0 Å². The summed E-state index contributed by atoms with van der Waals surface area (Å²) in [6.45, 7) is -3.30. The summed E-state index contributed by atoms with van der Waals surface area (Å²) in [7, 11) is 2.84. The maximum absolute atomic E-state index is 13.8. The number of halogens is 1. The summed E-state index contributed by atoms with van der Waals surface area (Å²) in [6.07, 6.45) is -6.07. The highest BCUT2D eigenvalue weighted by Crippen LogP contribution is 2.06. The molecule has 20 heavy (non-hydrogen) atoms. The van der Waals surface area contributed by atoms with Gasteiger partial charge in [0.1, 0.15) is 1.37 Å². The minimum Gasteiger partial charge on any atom is -0.328 e. The Morgan fingerprint density at radius 1 is 1.50 bits per heavy atom. The molecule has 2 rings (SSSR count). The van der Waals surface area contributed by atoms with Gasteiger partial charge in [0.15, 0.2) is 11.2 Å². The zero-order valence-electron chi connectivity index (χ0n) is 17.2. The molecule has 0 amide bonds. The molecule has 2 aromatic rings. The number of aromatic nitrogens is 4. The van der Waals surface area contributed by atoms with Crippen LogP contribution in [0.4, 0.5) is 4.39 Å². The second-order valence-corrected chi connectivity index (χ2v) is 4.41. The van der Waals surface area contributed by atoms with Crippen molar-refractivity contribution in [1.29, 1.82) is 0 Å². The van der Waals surface area contributed by atoms with Crippen LogP contribution in [0.2, 0.25) is 0 Å². The third-order valence-corrected chi connectivity index (χ3v) is 3.02. The summed E-state index contributed by atoms with van der Waals surface area (Å²) < 4.78 is 60.8. The zero-order chi connectivity index (χ0) is 20.0. The number of nitrogens with zero attached hydrogens (tertiary/aromatic N) is 4. The van der Waals surface area contributed by atoms with Gasteiger partial charge < -0.3 is 4.57 Å². The maximum atomic E-state index is 13.8. The molecule has 0 fully saturated rings. The first-order valence-corrected chi connectivity index (χ1v) is 6.06. The molecule has 0 aliphatic carbocycles. The molecule has 6 nitrogen and oxygen atoms in total. The molecule has 0 unspecified atom stereocenters. The molecule has 0 aliphatic rings. The molecule has 0 N–H and O–H groups in total. The van der Waals surface area contributed by atoms with Gasteiger partial charge in [-0.05, 0) is 26.1 Å². The Labute approximate surface area is 123 Å². The van der Waals surface area contributed by atoms with Gasteiger partial charge in [0.2, 0.25) is 0 Å². The van der Waals surface area contributed by atoms with Crippen LogP contribution in [0.3, 0.4) is 0 Å². The molecular weight excluding hydrogens is 263 g/mol. The molecule has 7 heteroatoms. The molecule has 2 aromatic heterocycles. The Hall–Kier alpha value is -1.92. The summed E-state index contributed by atoms with van der Waals surface area (Å²) in [5, 5.41) is 0. The minimum atomic E-state index is -3.09. The van der Waals surface area contributed by atoms with Crippen LogP contribution >= 0.6 is 0 Å². The third-order valence-electron chi connectivity index (χ3n) is 3.02. The van der Waals surface area contributed by atoms with Crippen LogP contribution in [0.25, 0.3) is 11.2 Å². The molecule has 0 spiro atoms. The van der Waals surface area contributed by atoms with Crippen LogP contribution in [0.15, 0.2) is 15.9 Å². The van der Waals surface area contributed by atoms with Crippen LogP contribution in [0.5, 0.6) is 0 Å². The molecule has 0 radical (unpaired) electrons. The summed E-state index contributed by atoms with van der Waals surface area (Å²) in [6, 6.07) is 0. The largest absolute Gasteiger partial charge is 0.332 e. The lowest BCUT2D eigenvalue weighted by Gasteiger charge is -2.08. The highest BCUT2D eigenvalue weighted by Gasteiger charge is 2.14. The summed E-state index contributed by atoms with van der Waals surface area (Å²) in [4.78, 5) is 28.7. The van der Waals surface area contributed by atoms with E-state index in [0.717, 1.165) is 9.13 Å². The predicted molar refractivity (Wildman–Crippen MR) is 74.6 cm³/mol. The number of hydrogen-bond donors (Lipinski definition) is 0. The van der Waals surface area contributed by atoms with Crippen LogP contribution < -0.4 is 11.2 Å². The molecule has 0 saturated carbocycles. The Bertz CT molecular complexity index is 945. The van der Waals surface area contributed by atoms with E-state index < -0.39 is 37.1 Å². The monoisotopic (exact) mass is 288 g/mol. The Morgan fingerprint density at radius 3 is 2.95 bits per heavy atom. The van der Waals surface area contributed by atoms with E-state index in [-0.39, 0.29) is 30.4 Å². The second-order valence-electron chi connectivity index (χ2n) is 4.41. The van der Waals surface area contributed by atoms with Crippen molar-refractivity contribution in [3.63, 3.8) is 0 Å². The smallest absolute Gasteiger partial charge is 0.328 e. The van der Waals surface area contributed by atoms with Gasteiger partial charge in [-0.2, -0.15) is 0 Å². The fourth-order valence-corrected chi connectivity index (χ4v) is 2.00. The average molecular weight is 288 g/mol. The van der Waals surface area contributed by atoms with Crippen molar-refractivity contribution in [3.05, 3.63) is 27.1 Å². The van der Waals surface area contributed by atoms with Gasteiger partial charge in [0.05, 0.1) is 12.5 Å². The Kier molecular flexibility index (Phi) is 2.35. The topological polar surface area (TPSA) is 61.8 Å². The van der Waals surface area contributed by atoms with Crippen LogP contribution in [-0.2, 0) is 20.6 Å². The lowest BCUT2D eigenvalue weighted by Crippen LogP contribution is -2.39. The van der Waals surface area contributed by atoms with Crippen molar-refractivity contribution in [3.8, 4) is 0 Å². The first-order chi connectivity index (χ1) is 11.8. The molecule has 110 valence electrons. The third kappa shape index (κ3) is 2.52. The molecule has 0 bridgehead atoms. The molecule has 0 saturated heterocycles. The van der Waals surface area contributed by atoms with Gasteiger partial charge in [-0.25, -0.2) is 14.2 Å². The standard InChI is InChI=1S/C13H19FN4O2/c1-9(14)6-4-5-7-18-12(19)10-11(15-8-16(10)2)17(3)13(18)20/h8-9H,4-7H2,1-3H3/t9-/m0/s1/i1D3,6D2,8D. The fraction of sp³-hybridized carbons (Fsp3) is 0.615. The van der Waals surface area contributed by atoms with Gasteiger partial charge >= 0.3 is 5.69 Å². The Morgan fingerprint density at radius 2 is 2.25 bits per heavy atom. The van der Waals surface area contributed by atoms with E-state index in [2.05, 4.69) is 4.98 Å². The van der Waals surface area contributed by atoms with Gasteiger partial charge in [-0.3, -0.25) is 13.9 Å². The predicted octanol–water partition coefficient (Wildman–Crippen LogP) is 0.962. The highest BCUT2D eigenvalue weighted by molar-refractivity contribution is 5.69. The van der Waals surface area contributed by atoms with E-state index in [9.17, 15) is 14.0 Å². The molecule has 0 aliphatic heterocycles. The lowest BCUT2D eigenvalue weighted by molar-refractivity contribution is 0.328. The van der Waals surface area contributed by atoms with Crippen molar-refractivity contribution in [1.82, 2.24) is 18.7 Å². The number of hydrogen-bond acceptors (Lipinski definition) is 3. The quantitative estimate of drug-likeness (QED) is 0.823. The van der Waals surface area contributed by atoms with Crippen LogP contribution in [0.1, 0.15) is 34.3 Å². The first kappa shape index (κ1) is 8.39. The van der Waals surface area contributed by atoms with E-state index in [0.29, 0.717) is 0 Å². The van der Waals surface area contributed by atoms with Crippen molar-refractivity contribution in [2.45, 2.75) is 38.8 Å². The SMILES string of the molecule is [2H]c1nc2c(c(=O)n(CCCC([2H])([2H])[C@@H](F)C([2H])([2H])[2H])c(=O)n2C)n1C. The lowest BCUT2D eigenvalue weighted by atomic mass is 10.2. The summed E-state index contributed by atoms with van der Waals surface area (Å²) >= 11 is 0. The van der Waals surface area contributed by atoms with Gasteiger partial charge in [-0.1, -0.05) is 0 Å². The highest BCUT2D eigenvalue weighted by atomic mass is 19.1. The van der Waals surface area contributed by atoms with Crippen molar-refractivity contribution >= 4 is 11.2 Å². The van der Waals surface area contributed by atoms with Crippen molar-refractivity contribution in [2.24, 2.45) is 14.1 Å². The van der Waals surface area contributed by atoms with E-state index in [1.165, 1.54) is 18.7 Å². The summed E-state index contributed by atoms with van der Waals surface area (Å²) in [5.74, 6) is 0. The number of aryl methyl sites for hydroxylation is 2. The van der Waals surface area contributed by atoms with E-state index in [4.69, 9.17) is 8.22 Å². The van der Waals surface area contributed by atoms with Gasteiger partial charge in [0.25, 0.3) is 5.56 Å². The second kappa shape index (κ2) is 5.60. The number of alkyl halides is 1. The first-order valence-electron chi connectivity index (χ1n) is 9.06. The number of fused-ring (bicyclic) bond motifs is 1.